The third-order valence-corrected chi connectivity index (χ3v) is 7.82. The molecule has 3 rings (SSSR count). The van der Waals surface area contributed by atoms with Crippen LogP contribution in [0.4, 0.5) is 0 Å². The van der Waals surface area contributed by atoms with Gasteiger partial charge in [0.1, 0.15) is 0 Å². The van der Waals surface area contributed by atoms with Gasteiger partial charge in [0, 0.05) is 19.6 Å². The molecular weight excluding hydrogens is 344 g/mol. The van der Waals surface area contributed by atoms with E-state index in [1.165, 1.54) is 19.6 Å². The molecule has 4 heteroatoms. The fourth-order valence-electron chi connectivity index (χ4n) is 1.73. The van der Waals surface area contributed by atoms with Crippen LogP contribution in [-0.2, 0) is 0 Å². The smallest absolute Gasteiger partial charge is 0.0331 e. The number of hydrogen-bond acceptors (Lipinski definition) is 4. The first-order valence-corrected chi connectivity index (χ1v) is 11.1. The molecule has 0 aliphatic heterocycles. The summed E-state index contributed by atoms with van der Waals surface area (Å²) in [4.78, 5) is 5.18. The van der Waals surface area contributed by atoms with Gasteiger partial charge < -0.3 is 0 Å². The molecule has 0 saturated carbocycles. The van der Waals surface area contributed by atoms with Crippen molar-refractivity contribution in [2.75, 3.05) is 0 Å². The zero-order valence-electron chi connectivity index (χ0n) is 11.7. The molecular formula is C18H14S4. The van der Waals surface area contributed by atoms with Gasteiger partial charge in [-0.2, -0.15) is 0 Å². The maximum atomic E-state index is 2.19. The van der Waals surface area contributed by atoms with E-state index < -0.39 is 0 Å². The van der Waals surface area contributed by atoms with E-state index in [4.69, 9.17) is 0 Å². The molecule has 0 radical (unpaired) electrons. The minimum absolute atomic E-state index is 1.28. The highest BCUT2D eigenvalue weighted by Crippen LogP contribution is 2.46. The van der Waals surface area contributed by atoms with Crippen LogP contribution in [0, 0.1) is 0 Å². The summed E-state index contributed by atoms with van der Waals surface area (Å²) in [5.41, 5.74) is 0. The first-order valence-electron chi connectivity index (χ1n) is 6.80. The third kappa shape index (κ3) is 4.78. The molecule has 0 heterocycles. The van der Waals surface area contributed by atoms with Gasteiger partial charge in [-0.15, -0.1) is 0 Å². The van der Waals surface area contributed by atoms with Crippen molar-refractivity contribution in [2.45, 2.75) is 19.6 Å². The van der Waals surface area contributed by atoms with E-state index in [9.17, 15) is 0 Å². The molecule has 22 heavy (non-hydrogen) atoms. The first kappa shape index (κ1) is 15.9. The van der Waals surface area contributed by atoms with Crippen LogP contribution in [0.25, 0.3) is 0 Å². The predicted molar refractivity (Wildman–Crippen MR) is 103 cm³/mol. The van der Waals surface area contributed by atoms with E-state index >= 15 is 0 Å². The molecule has 0 saturated heterocycles. The lowest BCUT2D eigenvalue weighted by atomic mass is 10.4. The van der Waals surface area contributed by atoms with Crippen LogP contribution >= 0.6 is 43.2 Å². The highest BCUT2D eigenvalue weighted by atomic mass is 33.1. The molecule has 0 aliphatic carbocycles. The van der Waals surface area contributed by atoms with Gasteiger partial charge in [-0.25, -0.2) is 0 Å². The average molecular weight is 359 g/mol. The molecule has 110 valence electrons. The van der Waals surface area contributed by atoms with Gasteiger partial charge in [-0.1, -0.05) is 91.7 Å². The normalized spacial score (nSPS) is 10.5. The molecule has 3 aromatic carbocycles. The van der Waals surface area contributed by atoms with Crippen LogP contribution in [0.15, 0.2) is 105 Å². The molecule has 3 aromatic rings. The minimum Gasteiger partial charge on any atom is -0.0622 e. The zero-order valence-corrected chi connectivity index (χ0v) is 15.0. The topological polar surface area (TPSA) is 0 Å². The number of rotatable bonds is 6. The largest absolute Gasteiger partial charge is 0.0622 e. The van der Waals surface area contributed by atoms with Gasteiger partial charge in [0.2, 0.25) is 0 Å². The first-order chi connectivity index (χ1) is 10.9. The van der Waals surface area contributed by atoms with E-state index in [1.54, 1.807) is 21.6 Å². The third-order valence-electron chi connectivity index (χ3n) is 2.79. The minimum atomic E-state index is 1.28. The van der Waals surface area contributed by atoms with E-state index in [2.05, 4.69) is 84.9 Å². The van der Waals surface area contributed by atoms with E-state index in [0.29, 0.717) is 0 Å². The molecule has 0 unspecified atom stereocenters. The van der Waals surface area contributed by atoms with Crippen molar-refractivity contribution in [1.82, 2.24) is 0 Å². The van der Waals surface area contributed by atoms with E-state index in [-0.39, 0.29) is 0 Å². The van der Waals surface area contributed by atoms with Crippen molar-refractivity contribution in [3.8, 4) is 0 Å². The molecule has 0 bridgehead atoms. The predicted octanol–water partition coefficient (Wildman–Crippen LogP) is 7.29. The molecule has 0 fully saturated rings. The molecule has 0 N–H and O–H groups in total. The van der Waals surface area contributed by atoms with Gasteiger partial charge >= 0.3 is 0 Å². The molecule has 0 aromatic heterocycles. The standard InChI is InChI=1S/C18H14S4/c1-3-9-15(10-4-1)19-21-17-13-7-8-14-18(17)22-20-16-11-5-2-6-12-16/h1-14H. The van der Waals surface area contributed by atoms with Crippen molar-refractivity contribution < 1.29 is 0 Å². The fourth-order valence-corrected chi connectivity index (χ4v) is 6.42. The number of benzene rings is 3. The lowest BCUT2D eigenvalue weighted by Gasteiger charge is -2.07. The fraction of sp³-hybridized carbons (Fsp3) is 0. The monoisotopic (exact) mass is 358 g/mol. The zero-order chi connectivity index (χ0) is 15.0. The van der Waals surface area contributed by atoms with Gasteiger partial charge in [-0.3, -0.25) is 0 Å². The molecule has 0 atom stereocenters. The lowest BCUT2D eigenvalue weighted by molar-refractivity contribution is 1.27. The Balaban J connectivity index is 1.65. The Hall–Kier alpha value is -0.940. The van der Waals surface area contributed by atoms with Crippen LogP contribution in [-0.4, -0.2) is 0 Å². The molecule has 0 spiro atoms. The van der Waals surface area contributed by atoms with Crippen molar-refractivity contribution in [1.29, 1.82) is 0 Å². The highest BCUT2D eigenvalue weighted by Gasteiger charge is 2.05. The summed E-state index contributed by atoms with van der Waals surface area (Å²) in [6, 6.07) is 29.6. The summed E-state index contributed by atoms with van der Waals surface area (Å²) < 4.78 is 0. The van der Waals surface area contributed by atoms with Crippen LogP contribution in [0.1, 0.15) is 0 Å². The summed E-state index contributed by atoms with van der Waals surface area (Å²) in [5.74, 6) is 0. The number of hydrogen-bond donors (Lipinski definition) is 0. The summed E-state index contributed by atoms with van der Waals surface area (Å²) in [7, 11) is 7.24. The second kappa shape index (κ2) is 8.63. The van der Waals surface area contributed by atoms with Crippen LogP contribution < -0.4 is 0 Å². The summed E-state index contributed by atoms with van der Waals surface area (Å²) >= 11 is 0. The van der Waals surface area contributed by atoms with Crippen LogP contribution in [0.3, 0.4) is 0 Å². The van der Waals surface area contributed by atoms with E-state index in [0.717, 1.165) is 0 Å². The Kier molecular flexibility index (Phi) is 6.25. The maximum Gasteiger partial charge on any atom is 0.0331 e. The summed E-state index contributed by atoms with van der Waals surface area (Å²) in [5, 5.41) is 0. The van der Waals surface area contributed by atoms with Crippen molar-refractivity contribution in [3.63, 3.8) is 0 Å². The molecule has 0 aliphatic rings. The van der Waals surface area contributed by atoms with Crippen LogP contribution in [0.5, 0.6) is 0 Å². The lowest BCUT2D eigenvalue weighted by Crippen LogP contribution is -1.75. The van der Waals surface area contributed by atoms with E-state index in [1.807, 2.05) is 21.6 Å². The Bertz CT molecular complexity index is 636. The Morgan fingerprint density at radius 3 is 1.14 bits per heavy atom. The SMILES string of the molecule is c1ccc(SSc2ccccc2SSc2ccccc2)cc1. The van der Waals surface area contributed by atoms with Gasteiger partial charge in [0.05, 0.1) is 0 Å². The van der Waals surface area contributed by atoms with Gasteiger partial charge in [0.25, 0.3) is 0 Å². The second-order valence-electron chi connectivity index (χ2n) is 4.41. The van der Waals surface area contributed by atoms with Crippen LogP contribution in [0.2, 0.25) is 0 Å². The Labute approximate surface area is 147 Å². The Morgan fingerprint density at radius 2 is 0.727 bits per heavy atom. The highest BCUT2D eigenvalue weighted by molar-refractivity contribution is 8.78. The Morgan fingerprint density at radius 1 is 0.364 bits per heavy atom. The van der Waals surface area contributed by atoms with Gasteiger partial charge in [0.15, 0.2) is 0 Å². The summed E-state index contributed by atoms with van der Waals surface area (Å²) in [6.07, 6.45) is 0. The maximum absolute atomic E-state index is 2.19. The molecule has 0 nitrogen and oxygen atoms in total. The second-order valence-corrected chi connectivity index (χ2v) is 8.90. The van der Waals surface area contributed by atoms with Gasteiger partial charge in [-0.05, 0) is 36.4 Å². The quantitative estimate of drug-likeness (QED) is 0.424. The summed E-state index contributed by atoms with van der Waals surface area (Å²) in [6.45, 7) is 0. The van der Waals surface area contributed by atoms with Crippen molar-refractivity contribution in [3.05, 3.63) is 84.9 Å². The molecule has 0 amide bonds. The van der Waals surface area contributed by atoms with Crippen molar-refractivity contribution >= 4 is 43.2 Å². The average Bonchev–Trinajstić information content (AvgIpc) is 2.61. The van der Waals surface area contributed by atoms with Crippen molar-refractivity contribution in [2.24, 2.45) is 0 Å².